The van der Waals surface area contributed by atoms with Crippen molar-refractivity contribution in [2.75, 3.05) is 25.2 Å². The van der Waals surface area contributed by atoms with Gasteiger partial charge in [-0.05, 0) is 35.4 Å². The number of fused-ring (bicyclic) bond motifs is 4. The highest BCUT2D eigenvalue weighted by molar-refractivity contribution is 6.04. The van der Waals surface area contributed by atoms with Crippen LogP contribution in [0.3, 0.4) is 0 Å². The van der Waals surface area contributed by atoms with Gasteiger partial charge in [-0.15, -0.1) is 0 Å². The fourth-order valence-corrected chi connectivity index (χ4v) is 3.97. The van der Waals surface area contributed by atoms with Crippen molar-refractivity contribution in [3.63, 3.8) is 0 Å². The second-order valence-corrected chi connectivity index (χ2v) is 6.98. The van der Waals surface area contributed by atoms with E-state index < -0.39 is 0 Å². The molecule has 0 amide bonds. The summed E-state index contributed by atoms with van der Waals surface area (Å²) in [5, 5.41) is 1.75. The van der Waals surface area contributed by atoms with Gasteiger partial charge < -0.3 is 20.9 Å². The molecule has 5 rings (SSSR count). The van der Waals surface area contributed by atoms with Crippen molar-refractivity contribution in [2.45, 2.75) is 12.8 Å². The minimum Gasteiger partial charge on any atom is -0.497 e. The zero-order chi connectivity index (χ0) is 19.4. The Morgan fingerprint density at radius 2 is 1.93 bits per heavy atom. The molecule has 0 aliphatic carbocycles. The van der Waals surface area contributed by atoms with E-state index >= 15 is 0 Å². The molecule has 0 saturated carbocycles. The van der Waals surface area contributed by atoms with E-state index in [0.29, 0.717) is 17.9 Å². The van der Waals surface area contributed by atoms with Crippen LogP contribution in [0.15, 0.2) is 36.5 Å². The monoisotopic (exact) mass is 373 g/mol. The first-order valence-electron chi connectivity index (χ1n) is 9.02. The fraction of sp³-hybridized carbons (Fsp3) is 0.190. The van der Waals surface area contributed by atoms with Crippen LogP contribution in [0.25, 0.3) is 32.9 Å². The van der Waals surface area contributed by atoms with Gasteiger partial charge in [-0.1, -0.05) is 6.92 Å². The van der Waals surface area contributed by atoms with Gasteiger partial charge in [0.05, 0.1) is 30.1 Å². The van der Waals surface area contributed by atoms with Gasteiger partial charge in [0, 0.05) is 29.1 Å². The summed E-state index contributed by atoms with van der Waals surface area (Å²) in [6, 6.07) is 9.92. The molecule has 1 atom stereocenters. The van der Waals surface area contributed by atoms with Gasteiger partial charge in [0.2, 0.25) is 5.95 Å². The van der Waals surface area contributed by atoms with Crippen molar-refractivity contribution < 1.29 is 9.47 Å². The van der Waals surface area contributed by atoms with Crippen LogP contribution in [0, 0.1) is 0 Å². The molecule has 1 aliphatic rings. The summed E-state index contributed by atoms with van der Waals surface area (Å²) in [6.45, 7) is 2.73. The molecule has 2 aromatic carbocycles. The molecule has 4 aromatic rings. The van der Waals surface area contributed by atoms with E-state index in [2.05, 4.69) is 21.9 Å². The third kappa shape index (κ3) is 2.32. The number of hydrogen-bond acceptors (Lipinski definition) is 7. The lowest BCUT2D eigenvalue weighted by Gasteiger charge is -2.15. The Morgan fingerprint density at radius 3 is 2.75 bits per heavy atom. The van der Waals surface area contributed by atoms with Gasteiger partial charge in [0.1, 0.15) is 17.3 Å². The van der Waals surface area contributed by atoms with Crippen LogP contribution >= 0.6 is 0 Å². The Bertz CT molecular complexity index is 1250. The number of pyridine rings is 1. The lowest BCUT2D eigenvalue weighted by molar-refractivity contribution is 0.340. The number of aromatic nitrogens is 3. The summed E-state index contributed by atoms with van der Waals surface area (Å²) in [6.07, 6.45) is 1.80. The molecule has 0 fully saturated rings. The van der Waals surface area contributed by atoms with Crippen molar-refractivity contribution in [1.29, 1.82) is 0 Å². The first kappa shape index (κ1) is 16.6. The van der Waals surface area contributed by atoms with Crippen LogP contribution in [-0.2, 0) is 0 Å². The van der Waals surface area contributed by atoms with Gasteiger partial charge in [-0.3, -0.25) is 4.98 Å². The Hall–Kier alpha value is -3.61. The summed E-state index contributed by atoms with van der Waals surface area (Å²) in [4.78, 5) is 13.0. The quantitative estimate of drug-likeness (QED) is 0.553. The summed E-state index contributed by atoms with van der Waals surface area (Å²) < 4.78 is 11.4. The Morgan fingerprint density at radius 1 is 1.07 bits per heavy atom. The molecule has 3 heterocycles. The Kier molecular flexibility index (Phi) is 3.52. The van der Waals surface area contributed by atoms with Crippen LogP contribution in [0.4, 0.5) is 11.8 Å². The zero-order valence-corrected chi connectivity index (χ0v) is 15.6. The third-order valence-corrected chi connectivity index (χ3v) is 5.24. The predicted molar refractivity (Wildman–Crippen MR) is 110 cm³/mol. The lowest BCUT2D eigenvalue weighted by Crippen LogP contribution is -2.02. The van der Waals surface area contributed by atoms with E-state index in [1.165, 1.54) is 0 Å². The van der Waals surface area contributed by atoms with Gasteiger partial charge in [0.15, 0.2) is 0 Å². The van der Waals surface area contributed by atoms with Gasteiger partial charge in [0.25, 0.3) is 0 Å². The maximum Gasteiger partial charge on any atom is 0.222 e. The summed E-state index contributed by atoms with van der Waals surface area (Å²) in [5.41, 5.74) is 16.7. The van der Waals surface area contributed by atoms with Crippen LogP contribution in [0.1, 0.15) is 18.4 Å². The molecule has 2 aromatic heterocycles. The van der Waals surface area contributed by atoms with E-state index in [9.17, 15) is 0 Å². The minimum absolute atomic E-state index is 0.145. The predicted octanol–water partition coefficient (Wildman–Crippen LogP) is 3.51. The first-order chi connectivity index (χ1) is 13.6. The first-order valence-corrected chi connectivity index (χ1v) is 9.02. The number of benzene rings is 2. The van der Waals surface area contributed by atoms with Gasteiger partial charge >= 0.3 is 0 Å². The smallest absolute Gasteiger partial charge is 0.222 e. The van der Waals surface area contributed by atoms with Crippen LogP contribution < -0.4 is 20.9 Å². The Labute approximate surface area is 161 Å². The van der Waals surface area contributed by atoms with Crippen LogP contribution in [0.2, 0.25) is 0 Å². The highest BCUT2D eigenvalue weighted by Crippen LogP contribution is 2.48. The van der Waals surface area contributed by atoms with Crippen molar-refractivity contribution in [1.82, 2.24) is 15.0 Å². The van der Waals surface area contributed by atoms with Crippen molar-refractivity contribution >= 4 is 33.6 Å². The summed E-state index contributed by atoms with van der Waals surface area (Å²) in [7, 11) is 1.65. The summed E-state index contributed by atoms with van der Waals surface area (Å²) >= 11 is 0. The number of methoxy groups -OCH3 is 1. The molecular formula is C21H19N5O2. The van der Waals surface area contributed by atoms with E-state index in [1.54, 1.807) is 13.3 Å². The van der Waals surface area contributed by atoms with Crippen molar-refractivity contribution in [3.8, 4) is 22.6 Å². The number of rotatable bonds is 2. The van der Waals surface area contributed by atoms with Gasteiger partial charge in [-0.2, -0.15) is 4.98 Å². The normalized spacial score (nSPS) is 15.6. The maximum absolute atomic E-state index is 6.15. The molecule has 7 heteroatoms. The molecule has 4 N–H and O–H groups in total. The molecule has 0 saturated heterocycles. The van der Waals surface area contributed by atoms with Crippen LogP contribution in [-0.4, -0.2) is 28.7 Å². The highest BCUT2D eigenvalue weighted by atomic mass is 16.5. The number of nitrogens with two attached hydrogens (primary N) is 2. The maximum atomic E-state index is 6.15. The second kappa shape index (κ2) is 5.95. The number of anilines is 2. The second-order valence-electron chi connectivity index (χ2n) is 6.98. The number of nitrogen functional groups attached to an aromatic ring is 2. The van der Waals surface area contributed by atoms with E-state index in [0.717, 1.165) is 44.5 Å². The molecule has 1 unspecified atom stereocenters. The molecule has 1 aliphatic heterocycles. The molecule has 7 nitrogen and oxygen atoms in total. The molecule has 0 radical (unpaired) electrons. The molecule has 28 heavy (non-hydrogen) atoms. The largest absolute Gasteiger partial charge is 0.497 e. The minimum atomic E-state index is 0.145. The third-order valence-electron chi connectivity index (χ3n) is 5.24. The number of hydrogen-bond donors (Lipinski definition) is 2. The average Bonchev–Trinajstić information content (AvgIpc) is 3.07. The highest BCUT2D eigenvalue weighted by Gasteiger charge is 2.29. The van der Waals surface area contributed by atoms with E-state index in [1.807, 2.05) is 30.3 Å². The Balaban J connectivity index is 1.88. The van der Waals surface area contributed by atoms with Crippen LogP contribution in [0.5, 0.6) is 11.5 Å². The van der Waals surface area contributed by atoms with Crippen molar-refractivity contribution in [3.05, 3.63) is 42.1 Å². The molecular weight excluding hydrogens is 354 g/mol. The molecule has 140 valence electrons. The average molecular weight is 373 g/mol. The standard InChI is InChI=1S/C21H19N5O2/c1-10-9-28-19-17(10)14(8-16-18(19)20(22)26-21(23)25-16)12-5-6-24-15-7-11(27-2)3-4-13(12)15/h3-8,10H,9H2,1-2H3,(H4,22,23,25,26). The van der Waals surface area contributed by atoms with E-state index in [4.69, 9.17) is 20.9 Å². The number of nitrogens with zero attached hydrogens (tertiary/aromatic N) is 3. The zero-order valence-electron chi connectivity index (χ0n) is 15.6. The van der Waals surface area contributed by atoms with Gasteiger partial charge in [-0.25, -0.2) is 4.98 Å². The topological polar surface area (TPSA) is 109 Å². The summed E-state index contributed by atoms with van der Waals surface area (Å²) in [5.74, 6) is 2.21. The number of ether oxygens (including phenoxy) is 2. The van der Waals surface area contributed by atoms with Crippen molar-refractivity contribution in [2.24, 2.45) is 0 Å². The fourth-order valence-electron chi connectivity index (χ4n) is 3.97. The van der Waals surface area contributed by atoms with E-state index in [-0.39, 0.29) is 11.9 Å². The SMILES string of the molecule is COc1ccc2c(-c3cc4nc(N)nc(N)c4c4c3C(C)CO4)ccnc2c1. The lowest BCUT2D eigenvalue weighted by atomic mass is 9.89. The molecule has 0 bridgehead atoms. The molecule has 0 spiro atoms.